The highest BCUT2D eigenvalue weighted by Gasteiger charge is 2.53. The fourth-order valence-electron chi connectivity index (χ4n) is 4.51. The lowest BCUT2D eigenvalue weighted by molar-refractivity contribution is -0.125. The second-order valence-electron chi connectivity index (χ2n) is 9.46. The number of carbonyl (C=O) groups is 3. The fraction of sp³-hybridized carbons (Fsp3) is 0.600. The van der Waals surface area contributed by atoms with Gasteiger partial charge in [-0.15, -0.1) is 11.8 Å². The van der Waals surface area contributed by atoms with Crippen molar-refractivity contribution in [3.05, 3.63) is 35.2 Å². The van der Waals surface area contributed by atoms with Gasteiger partial charge in [0.25, 0.3) is 0 Å². The van der Waals surface area contributed by atoms with Crippen molar-refractivity contribution in [3.63, 3.8) is 0 Å². The molecule has 1 aromatic rings. The van der Waals surface area contributed by atoms with Gasteiger partial charge in [0, 0.05) is 43.0 Å². The predicted octanol–water partition coefficient (Wildman–Crippen LogP) is 4.54. The van der Waals surface area contributed by atoms with E-state index >= 15 is 0 Å². The van der Waals surface area contributed by atoms with Crippen LogP contribution in [0.1, 0.15) is 66.2 Å². The molecule has 0 radical (unpaired) electrons. The van der Waals surface area contributed by atoms with Crippen LogP contribution in [0.25, 0.3) is 0 Å². The van der Waals surface area contributed by atoms with Crippen LogP contribution in [0.4, 0.5) is 11.4 Å². The monoisotopic (exact) mass is 572 g/mol. The highest BCUT2D eigenvalue weighted by atomic mass is 32.2. The number of carbonyl (C=O) groups excluding carboxylic acids is 3. The van der Waals surface area contributed by atoms with Gasteiger partial charge in [-0.1, -0.05) is 33.8 Å². The molecule has 1 aliphatic heterocycles. The minimum atomic E-state index is -0.682. The number of hydrogen-bond donors (Lipinski definition) is 4. The second kappa shape index (κ2) is 20.1. The third-order valence-electron chi connectivity index (χ3n) is 6.75. The topological polar surface area (TPSA) is 126 Å². The zero-order valence-electron chi connectivity index (χ0n) is 24.7. The quantitative estimate of drug-likeness (QED) is 0.239. The number of hydrogen-bond acceptors (Lipinski definition) is 8. The second-order valence-corrected chi connectivity index (χ2v) is 10.7. The molecule has 2 unspecified atom stereocenters. The molecule has 0 aromatic heterocycles. The van der Waals surface area contributed by atoms with E-state index in [1.54, 1.807) is 0 Å². The van der Waals surface area contributed by atoms with Crippen LogP contribution < -0.4 is 21.3 Å². The highest BCUT2D eigenvalue weighted by Crippen LogP contribution is 2.47. The van der Waals surface area contributed by atoms with E-state index in [4.69, 9.17) is 4.79 Å². The largest absolute Gasteiger partial charge is 0.380 e. The molecule has 1 aromatic carbocycles. The number of rotatable bonds is 14. The molecule has 222 valence electrons. The molecule has 2 fully saturated rings. The van der Waals surface area contributed by atoms with Crippen LogP contribution in [0.15, 0.2) is 35.2 Å². The molecule has 4 N–H and O–H groups in total. The number of likely N-dealkylation sites (tertiary alicyclic amines) is 1. The van der Waals surface area contributed by atoms with Gasteiger partial charge in [0.05, 0.1) is 12.1 Å². The maximum Gasteiger partial charge on any atom is 0.238 e. The van der Waals surface area contributed by atoms with Gasteiger partial charge in [0.15, 0.2) is 0 Å². The summed E-state index contributed by atoms with van der Waals surface area (Å²) in [5, 5.41) is 24.1. The van der Waals surface area contributed by atoms with Crippen molar-refractivity contribution in [1.29, 1.82) is 5.26 Å². The Balaban J connectivity index is 0.00000191. The van der Waals surface area contributed by atoms with E-state index in [9.17, 15) is 14.9 Å². The lowest BCUT2D eigenvalue weighted by Crippen LogP contribution is -2.61. The van der Waals surface area contributed by atoms with E-state index in [1.165, 1.54) is 24.6 Å². The maximum absolute atomic E-state index is 13.3. The third kappa shape index (κ3) is 11.0. The van der Waals surface area contributed by atoms with Crippen LogP contribution in [0.2, 0.25) is 0 Å². The summed E-state index contributed by atoms with van der Waals surface area (Å²) >= 11 is 1.44. The fourth-order valence-corrected chi connectivity index (χ4v) is 5.76. The van der Waals surface area contributed by atoms with E-state index in [1.807, 2.05) is 64.2 Å². The van der Waals surface area contributed by atoms with Crippen molar-refractivity contribution in [2.24, 2.45) is 0 Å². The summed E-state index contributed by atoms with van der Waals surface area (Å²) in [7, 11) is 0. The molecule has 1 aliphatic carbocycles. The van der Waals surface area contributed by atoms with E-state index in [2.05, 4.69) is 32.2 Å². The van der Waals surface area contributed by atoms with Crippen LogP contribution in [-0.2, 0) is 14.4 Å². The van der Waals surface area contributed by atoms with Gasteiger partial charge in [-0.3, -0.25) is 9.59 Å². The molecule has 0 spiro atoms. The van der Waals surface area contributed by atoms with E-state index in [0.717, 1.165) is 56.8 Å². The summed E-state index contributed by atoms with van der Waals surface area (Å²) in [5.41, 5.74) is 2.23. The van der Waals surface area contributed by atoms with Crippen LogP contribution in [-0.4, -0.2) is 73.6 Å². The van der Waals surface area contributed by atoms with Crippen molar-refractivity contribution < 1.29 is 14.4 Å². The van der Waals surface area contributed by atoms with Gasteiger partial charge in [0.2, 0.25) is 11.8 Å². The van der Waals surface area contributed by atoms with Gasteiger partial charge in [-0.25, -0.2) is 0 Å². The van der Waals surface area contributed by atoms with Crippen LogP contribution in [0, 0.1) is 11.3 Å². The molecular formula is C30H48N6O3S. The first-order valence-electron chi connectivity index (χ1n) is 14.4. The number of nitriles is 1. The number of amides is 2. The molecule has 1 heterocycles. The van der Waals surface area contributed by atoms with Gasteiger partial charge in [-0.2, -0.15) is 5.26 Å². The van der Waals surface area contributed by atoms with Gasteiger partial charge in [-0.05, 0) is 75.3 Å². The molecule has 9 nitrogen and oxygen atoms in total. The standard InChI is InChI=1S/C27H40N6O2S.C2H6.CH2O/c1-3-13-30-26(35)27(36-20-21(18-28)19-29-4-2)12-10-24(27)31-22-8-7-9-23(17-22)32-25(34)11-16-33-14-5-6-15-33;2*1-2/h7-9,17,20,24,29,31H,3-6,10-16,19H2,1-2H3,(H,30,35)(H,32,34);1-2H3;1H2/b21-20-;;. The van der Waals surface area contributed by atoms with Crippen molar-refractivity contribution in [2.45, 2.75) is 77.0 Å². The number of likely N-dealkylation sites (N-methyl/N-ethyl adjacent to an activating group) is 1. The van der Waals surface area contributed by atoms with Crippen molar-refractivity contribution in [1.82, 2.24) is 15.5 Å². The van der Waals surface area contributed by atoms with Gasteiger partial charge >= 0.3 is 0 Å². The lowest BCUT2D eigenvalue weighted by Gasteiger charge is -2.47. The van der Waals surface area contributed by atoms with Crippen LogP contribution >= 0.6 is 11.8 Å². The number of benzene rings is 1. The summed E-state index contributed by atoms with van der Waals surface area (Å²) in [6.07, 6.45) is 5.37. The average Bonchev–Trinajstić information content (AvgIpc) is 3.51. The van der Waals surface area contributed by atoms with Crippen molar-refractivity contribution in [3.8, 4) is 6.07 Å². The molecule has 0 bridgehead atoms. The Bertz CT molecular complexity index is 976. The molecular weight excluding hydrogens is 524 g/mol. The SMILES string of the molecule is C=O.CC.CCCNC(=O)C1(S/C=C(/C#N)CNCC)CCC1Nc1cccc(NC(=O)CCN2CCCC2)c1. The summed E-state index contributed by atoms with van der Waals surface area (Å²) in [4.78, 5) is 36.1. The Hall–Kier alpha value is -2.87. The van der Waals surface area contributed by atoms with Crippen LogP contribution in [0.3, 0.4) is 0 Å². The number of anilines is 2. The van der Waals surface area contributed by atoms with E-state index in [0.29, 0.717) is 25.1 Å². The average molecular weight is 573 g/mol. The van der Waals surface area contributed by atoms with E-state index in [-0.39, 0.29) is 17.9 Å². The lowest BCUT2D eigenvalue weighted by atomic mass is 9.77. The third-order valence-corrected chi connectivity index (χ3v) is 8.25. The Morgan fingerprint density at radius 3 is 2.50 bits per heavy atom. The molecule has 1 saturated carbocycles. The number of nitrogens with zero attached hydrogens (tertiary/aromatic N) is 2. The van der Waals surface area contributed by atoms with Crippen molar-refractivity contribution in [2.75, 3.05) is 49.9 Å². The molecule has 10 heteroatoms. The van der Waals surface area contributed by atoms with E-state index < -0.39 is 4.75 Å². The summed E-state index contributed by atoms with van der Waals surface area (Å²) in [6.45, 7) is 14.9. The molecule has 3 rings (SSSR count). The zero-order chi connectivity index (χ0) is 29.8. The minimum absolute atomic E-state index is 0.00135. The highest BCUT2D eigenvalue weighted by molar-refractivity contribution is 8.04. The Labute approximate surface area is 244 Å². The normalized spacial score (nSPS) is 20.0. The first-order valence-corrected chi connectivity index (χ1v) is 15.3. The predicted molar refractivity (Wildman–Crippen MR) is 166 cm³/mol. The number of thioether (sulfide) groups is 1. The number of nitrogens with one attached hydrogen (secondary N) is 4. The molecule has 2 aliphatic rings. The maximum atomic E-state index is 13.3. The molecule has 2 amide bonds. The van der Waals surface area contributed by atoms with Gasteiger partial charge < -0.3 is 31.0 Å². The van der Waals surface area contributed by atoms with Crippen molar-refractivity contribution >= 4 is 41.7 Å². The summed E-state index contributed by atoms with van der Waals surface area (Å²) < 4.78 is -0.682. The zero-order valence-corrected chi connectivity index (χ0v) is 25.5. The first-order chi connectivity index (χ1) is 19.5. The van der Waals surface area contributed by atoms with Gasteiger partial charge in [0.1, 0.15) is 11.5 Å². The smallest absolute Gasteiger partial charge is 0.238 e. The summed E-state index contributed by atoms with van der Waals surface area (Å²) in [6, 6.07) is 9.83. The molecule has 1 saturated heterocycles. The Kier molecular flexibility index (Phi) is 17.6. The summed E-state index contributed by atoms with van der Waals surface area (Å²) in [5.74, 6) is 0.0165. The first kappa shape index (κ1) is 35.2. The molecule has 40 heavy (non-hydrogen) atoms. The van der Waals surface area contributed by atoms with Crippen LogP contribution in [0.5, 0.6) is 0 Å². The molecule has 2 atom stereocenters. The Morgan fingerprint density at radius 1 is 1.20 bits per heavy atom. The minimum Gasteiger partial charge on any atom is -0.380 e. The Morgan fingerprint density at radius 2 is 1.90 bits per heavy atom.